The zero-order valence-electron chi connectivity index (χ0n) is 16.1. The van der Waals surface area contributed by atoms with E-state index in [0.717, 1.165) is 34.5 Å². The van der Waals surface area contributed by atoms with Gasteiger partial charge in [0.05, 0.1) is 6.61 Å². The fourth-order valence-corrected chi connectivity index (χ4v) is 4.53. The lowest BCUT2D eigenvalue weighted by Crippen LogP contribution is -2.15. The van der Waals surface area contributed by atoms with Gasteiger partial charge < -0.3 is 19.5 Å². The summed E-state index contributed by atoms with van der Waals surface area (Å²) >= 11 is 7.60. The predicted octanol–water partition coefficient (Wildman–Crippen LogP) is 5.87. The molecule has 150 valence electrons. The molecule has 2 aromatic carbocycles. The van der Waals surface area contributed by atoms with Crippen LogP contribution in [-0.4, -0.2) is 43.2 Å². The Bertz CT molecular complexity index is 1080. The number of rotatable bonds is 6. The molecular weight excluding hydrogens is 410 g/mol. The molecule has 0 unspecified atom stereocenters. The number of para-hydroxylation sites is 1. The normalized spacial score (nSPS) is 11.9. The second-order valence-electron chi connectivity index (χ2n) is 7.04. The fourth-order valence-electron chi connectivity index (χ4n) is 3.30. The van der Waals surface area contributed by atoms with E-state index < -0.39 is 5.97 Å². The van der Waals surface area contributed by atoms with E-state index in [1.807, 2.05) is 38.4 Å². The minimum absolute atomic E-state index is 0.270. The number of nitrogens with zero attached hydrogens (tertiary/aromatic N) is 1. The fraction of sp³-hybridized carbons (Fsp3) is 0.227. The van der Waals surface area contributed by atoms with Gasteiger partial charge in [-0.2, -0.15) is 0 Å². The summed E-state index contributed by atoms with van der Waals surface area (Å²) in [4.78, 5) is 14.8. The van der Waals surface area contributed by atoms with E-state index in [2.05, 4.69) is 4.90 Å². The Kier molecular flexibility index (Phi) is 5.50. The Morgan fingerprint density at radius 1 is 1.17 bits per heavy atom. The average Bonchev–Trinajstić information content (AvgIpc) is 3.07. The lowest BCUT2D eigenvalue weighted by atomic mass is 10.0. The maximum atomic E-state index is 11.6. The molecule has 0 aliphatic carbocycles. The molecule has 2 heterocycles. The van der Waals surface area contributed by atoms with Gasteiger partial charge in [0, 0.05) is 39.2 Å². The highest BCUT2D eigenvalue weighted by atomic mass is 35.5. The number of aromatic carboxylic acids is 1. The third kappa shape index (κ3) is 3.96. The quantitative estimate of drug-likeness (QED) is 0.388. The summed E-state index contributed by atoms with van der Waals surface area (Å²) in [6.07, 6.45) is 0.859. The summed E-state index contributed by atoms with van der Waals surface area (Å²) in [5.74, 6) is 0.816. The SMILES string of the molecule is CN(C)CCCOc1cc(Cl)cc2c1Oc1ccccc1-c1cc(C(=O)O)sc1-2. The van der Waals surface area contributed by atoms with Gasteiger partial charge in [-0.15, -0.1) is 11.3 Å². The summed E-state index contributed by atoms with van der Waals surface area (Å²) in [5, 5.41) is 10.0. The van der Waals surface area contributed by atoms with Gasteiger partial charge >= 0.3 is 5.97 Å². The smallest absolute Gasteiger partial charge is 0.345 e. The van der Waals surface area contributed by atoms with E-state index in [-0.39, 0.29) is 4.88 Å². The molecule has 0 radical (unpaired) electrons. The first kappa shape index (κ1) is 19.8. The topological polar surface area (TPSA) is 59.0 Å². The molecule has 5 nitrogen and oxygen atoms in total. The Morgan fingerprint density at radius 2 is 1.97 bits per heavy atom. The molecule has 7 heteroatoms. The molecule has 0 bridgehead atoms. The predicted molar refractivity (Wildman–Crippen MR) is 116 cm³/mol. The third-order valence-corrected chi connectivity index (χ3v) is 5.98. The van der Waals surface area contributed by atoms with Crippen molar-refractivity contribution >= 4 is 28.9 Å². The van der Waals surface area contributed by atoms with Crippen LogP contribution in [0.25, 0.3) is 21.6 Å². The average molecular weight is 430 g/mol. The molecule has 4 rings (SSSR count). The first-order valence-corrected chi connectivity index (χ1v) is 10.4. The summed E-state index contributed by atoms with van der Waals surface area (Å²) in [5.41, 5.74) is 2.41. The molecule has 0 fully saturated rings. The van der Waals surface area contributed by atoms with E-state index in [1.54, 1.807) is 18.2 Å². The first-order valence-electron chi connectivity index (χ1n) is 9.20. The second kappa shape index (κ2) is 8.06. The molecule has 1 aliphatic heterocycles. The largest absolute Gasteiger partial charge is 0.490 e. The number of carboxylic acid groups (broad SMARTS) is 1. The maximum absolute atomic E-state index is 11.6. The summed E-state index contributed by atoms with van der Waals surface area (Å²) < 4.78 is 12.3. The second-order valence-corrected chi connectivity index (χ2v) is 8.53. The lowest BCUT2D eigenvalue weighted by Gasteiger charge is -2.16. The van der Waals surface area contributed by atoms with Crippen molar-refractivity contribution in [2.45, 2.75) is 6.42 Å². The highest BCUT2D eigenvalue weighted by Crippen LogP contribution is 2.53. The Labute approximate surface area is 178 Å². The van der Waals surface area contributed by atoms with E-state index >= 15 is 0 Å². The molecule has 0 saturated heterocycles. The van der Waals surface area contributed by atoms with Gasteiger partial charge in [0.1, 0.15) is 10.6 Å². The summed E-state index contributed by atoms with van der Waals surface area (Å²) in [6, 6.07) is 12.8. The van der Waals surface area contributed by atoms with Crippen LogP contribution in [0.15, 0.2) is 42.5 Å². The molecule has 0 spiro atoms. The van der Waals surface area contributed by atoms with E-state index in [0.29, 0.717) is 28.9 Å². The van der Waals surface area contributed by atoms with Crippen molar-refractivity contribution in [2.24, 2.45) is 0 Å². The maximum Gasteiger partial charge on any atom is 0.345 e. The van der Waals surface area contributed by atoms with Crippen molar-refractivity contribution < 1.29 is 19.4 Å². The number of hydrogen-bond donors (Lipinski definition) is 1. The molecule has 1 aromatic heterocycles. The van der Waals surface area contributed by atoms with Crippen LogP contribution in [0.5, 0.6) is 17.2 Å². The molecule has 1 N–H and O–H groups in total. The summed E-state index contributed by atoms with van der Waals surface area (Å²) in [7, 11) is 4.04. The number of benzene rings is 2. The van der Waals surface area contributed by atoms with Crippen molar-refractivity contribution in [1.82, 2.24) is 4.90 Å². The van der Waals surface area contributed by atoms with Gasteiger partial charge in [-0.1, -0.05) is 29.8 Å². The summed E-state index contributed by atoms with van der Waals surface area (Å²) in [6.45, 7) is 1.43. The molecule has 0 amide bonds. The molecule has 29 heavy (non-hydrogen) atoms. The van der Waals surface area contributed by atoms with Crippen molar-refractivity contribution in [1.29, 1.82) is 0 Å². The van der Waals surface area contributed by atoms with E-state index in [1.165, 1.54) is 11.3 Å². The third-order valence-electron chi connectivity index (χ3n) is 4.60. The minimum atomic E-state index is -0.954. The van der Waals surface area contributed by atoms with Gasteiger partial charge in [0.15, 0.2) is 11.5 Å². The molecule has 1 aliphatic rings. The number of fused-ring (bicyclic) bond motifs is 5. The van der Waals surface area contributed by atoms with Gasteiger partial charge in [-0.05, 0) is 38.7 Å². The standard InChI is InChI=1S/C22H20ClNO4S/c1-24(2)8-5-9-27-18-11-13(23)10-16-20(18)28-17-7-4-3-6-14(17)15-12-19(22(25)26)29-21(15)16/h3-4,6-7,10-12H,5,8-9H2,1-2H3,(H,25,26). The Balaban J connectivity index is 1.83. The van der Waals surface area contributed by atoms with Crippen LogP contribution in [-0.2, 0) is 0 Å². The van der Waals surface area contributed by atoms with Crippen LogP contribution in [0.1, 0.15) is 16.1 Å². The lowest BCUT2D eigenvalue weighted by molar-refractivity contribution is 0.0702. The highest BCUT2D eigenvalue weighted by Gasteiger charge is 2.27. The zero-order chi connectivity index (χ0) is 20.5. The number of carbonyl (C=O) groups is 1. The van der Waals surface area contributed by atoms with Crippen molar-refractivity contribution in [2.75, 3.05) is 27.2 Å². The Hall–Kier alpha value is -2.54. The van der Waals surface area contributed by atoms with Gasteiger partial charge in [0.25, 0.3) is 0 Å². The molecule has 3 aromatic rings. The van der Waals surface area contributed by atoms with Crippen molar-refractivity contribution in [3.8, 4) is 38.8 Å². The molecule has 0 atom stereocenters. The van der Waals surface area contributed by atoms with Crippen LogP contribution >= 0.6 is 22.9 Å². The highest BCUT2D eigenvalue weighted by molar-refractivity contribution is 7.18. The van der Waals surface area contributed by atoms with Crippen LogP contribution in [0.4, 0.5) is 0 Å². The minimum Gasteiger partial charge on any atom is -0.490 e. The molecule has 0 saturated carbocycles. The zero-order valence-corrected chi connectivity index (χ0v) is 17.6. The van der Waals surface area contributed by atoms with Crippen molar-refractivity contribution in [3.63, 3.8) is 0 Å². The van der Waals surface area contributed by atoms with Crippen LogP contribution < -0.4 is 9.47 Å². The van der Waals surface area contributed by atoms with Crippen LogP contribution in [0.3, 0.4) is 0 Å². The number of carboxylic acids is 1. The van der Waals surface area contributed by atoms with Gasteiger partial charge in [-0.25, -0.2) is 4.79 Å². The van der Waals surface area contributed by atoms with Gasteiger partial charge in [-0.3, -0.25) is 0 Å². The van der Waals surface area contributed by atoms with E-state index in [9.17, 15) is 9.90 Å². The Morgan fingerprint density at radius 3 is 2.72 bits per heavy atom. The van der Waals surface area contributed by atoms with Crippen LogP contribution in [0.2, 0.25) is 5.02 Å². The monoisotopic (exact) mass is 429 g/mol. The van der Waals surface area contributed by atoms with E-state index in [4.69, 9.17) is 21.1 Å². The molecular formula is C22H20ClNO4S. The van der Waals surface area contributed by atoms with Crippen LogP contribution in [0, 0.1) is 0 Å². The number of thiophene rings is 1. The first-order chi connectivity index (χ1) is 13.9. The van der Waals surface area contributed by atoms with Crippen molar-refractivity contribution in [3.05, 3.63) is 52.4 Å². The van der Waals surface area contributed by atoms with Gasteiger partial charge in [0.2, 0.25) is 0 Å². The number of ether oxygens (including phenoxy) is 2. The number of halogens is 1. The number of hydrogen-bond acceptors (Lipinski definition) is 5.